The van der Waals surface area contributed by atoms with Gasteiger partial charge in [-0.1, -0.05) is 12.1 Å². The van der Waals surface area contributed by atoms with Gasteiger partial charge in [-0.05, 0) is 66.1 Å². The fourth-order valence-corrected chi connectivity index (χ4v) is 3.14. The van der Waals surface area contributed by atoms with E-state index in [1.807, 2.05) is 0 Å². The summed E-state index contributed by atoms with van der Waals surface area (Å²) >= 11 is 0. The third-order valence-corrected chi connectivity index (χ3v) is 4.75. The van der Waals surface area contributed by atoms with Crippen LogP contribution in [0.2, 0.25) is 0 Å². The average molecular weight is 382 g/mol. The van der Waals surface area contributed by atoms with Gasteiger partial charge in [0.05, 0.1) is 0 Å². The molecule has 146 valence electrons. The van der Waals surface area contributed by atoms with E-state index in [2.05, 4.69) is 0 Å². The predicted octanol–water partition coefficient (Wildman–Crippen LogP) is 3.49. The maximum absolute atomic E-state index is 10.1. The van der Waals surface area contributed by atoms with Crippen molar-refractivity contribution in [1.29, 1.82) is 0 Å². The molecule has 3 rings (SSSR count). The molecular weight excluding hydrogens is 360 g/mol. The van der Waals surface area contributed by atoms with Crippen LogP contribution < -0.4 is 0 Å². The summed E-state index contributed by atoms with van der Waals surface area (Å²) in [6, 6.07) is 11.7. The van der Waals surface area contributed by atoms with Gasteiger partial charge in [0.1, 0.15) is 34.5 Å². The molecule has 0 amide bonds. The number of hydrogen-bond donors (Lipinski definition) is 6. The first kappa shape index (κ1) is 19.2. The molecule has 0 radical (unpaired) electrons. The van der Waals surface area contributed by atoms with E-state index < -0.39 is 0 Å². The van der Waals surface area contributed by atoms with Crippen molar-refractivity contribution in [2.75, 3.05) is 0 Å². The maximum atomic E-state index is 10.1. The molecule has 0 unspecified atom stereocenters. The van der Waals surface area contributed by atoms with Crippen molar-refractivity contribution in [3.05, 3.63) is 70.8 Å². The van der Waals surface area contributed by atoms with E-state index in [1.54, 1.807) is 18.2 Å². The van der Waals surface area contributed by atoms with E-state index >= 15 is 0 Å². The second kappa shape index (κ2) is 8.00. The minimum Gasteiger partial charge on any atom is -0.508 e. The highest BCUT2D eigenvalue weighted by Gasteiger charge is 2.12. The normalized spacial score (nSPS) is 10.9. The third kappa shape index (κ3) is 4.40. The average Bonchev–Trinajstić information content (AvgIpc) is 2.62. The number of phenols is 6. The molecule has 6 heteroatoms. The van der Waals surface area contributed by atoms with Gasteiger partial charge in [0.15, 0.2) is 0 Å². The Morgan fingerprint density at radius 2 is 0.750 bits per heavy atom. The van der Waals surface area contributed by atoms with Gasteiger partial charge in [0.25, 0.3) is 0 Å². The largest absolute Gasteiger partial charge is 0.508 e. The van der Waals surface area contributed by atoms with Crippen molar-refractivity contribution in [2.24, 2.45) is 0 Å². The van der Waals surface area contributed by atoms with Gasteiger partial charge in [-0.25, -0.2) is 0 Å². The summed E-state index contributed by atoms with van der Waals surface area (Å²) < 4.78 is 0. The van der Waals surface area contributed by atoms with Gasteiger partial charge in [0, 0.05) is 18.2 Å². The van der Waals surface area contributed by atoms with Crippen molar-refractivity contribution in [3.8, 4) is 34.5 Å². The Labute approximate surface area is 162 Å². The van der Waals surface area contributed by atoms with Crippen molar-refractivity contribution in [2.45, 2.75) is 25.7 Å². The monoisotopic (exact) mass is 382 g/mol. The summed E-state index contributed by atoms with van der Waals surface area (Å²) in [5.74, 6) is -0.136. The topological polar surface area (TPSA) is 121 Å². The van der Waals surface area contributed by atoms with Crippen LogP contribution in [0.5, 0.6) is 34.5 Å². The lowest BCUT2D eigenvalue weighted by molar-refractivity contribution is 0.437. The summed E-state index contributed by atoms with van der Waals surface area (Å²) in [5, 5.41) is 58.8. The zero-order valence-electron chi connectivity index (χ0n) is 15.1. The fourth-order valence-electron chi connectivity index (χ4n) is 3.14. The highest BCUT2D eigenvalue weighted by Crippen LogP contribution is 2.32. The van der Waals surface area contributed by atoms with E-state index in [1.165, 1.54) is 30.3 Å². The minimum atomic E-state index is -0.0352. The minimum absolute atomic E-state index is 0.0127. The lowest BCUT2D eigenvalue weighted by Crippen LogP contribution is -1.97. The molecule has 3 aromatic carbocycles. The zero-order chi connectivity index (χ0) is 20.3. The molecule has 6 nitrogen and oxygen atoms in total. The highest BCUT2D eigenvalue weighted by atomic mass is 16.3. The summed E-state index contributed by atoms with van der Waals surface area (Å²) in [7, 11) is 0. The van der Waals surface area contributed by atoms with Crippen LogP contribution in [0, 0.1) is 0 Å². The molecule has 0 aromatic heterocycles. The molecule has 0 aliphatic carbocycles. The molecule has 0 heterocycles. The van der Waals surface area contributed by atoms with Gasteiger partial charge >= 0.3 is 0 Å². The van der Waals surface area contributed by atoms with Crippen molar-refractivity contribution in [3.63, 3.8) is 0 Å². The van der Waals surface area contributed by atoms with Gasteiger partial charge in [-0.15, -0.1) is 0 Å². The number of phenolic OH excluding ortho intramolecular Hbond substituents is 6. The molecular formula is C22H22O6. The summed E-state index contributed by atoms with van der Waals surface area (Å²) in [6.45, 7) is 0. The first-order valence-electron chi connectivity index (χ1n) is 8.89. The Hall–Kier alpha value is -3.54. The van der Waals surface area contributed by atoms with E-state index in [4.69, 9.17) is 0 Å². The Morgan fingerprint density at radius 3 is 1.14 bits per heavy atom. The molecule has 0 aliphatic rings. The lowest BCUT2D eigenvalue weighted by Gasteiger charge is -2.12. The summed E-state index contributed by atoms with van der Waals surface area (Å²) in [6.07, 6.45) is 1.76. The summed E-state index contributed by atoms with van der Waals surface area (Å²) in [4.78, 5) is 0. The van der Waals surface area contributed by atoms with Crippen LogP contribution in [0.4, 0.5) is 0 Å². The molecule has 3 aromatic rings. The standard InChI is InChI=1S/C22H22O6/c23-17-7-5-13(19(25)10-17)1-3-15-9-16(22(28)12-21(15)27)4-2-14-6-8-18(24)11-20(14)26/h5-12,23-28H,1-4H2. The number of aromatic hydroxyl groups is 6. The Morgan fingerprint density at radius 1 is 0.393 bits per heavy atom. The lowest BCUT2D eigenvalue weighted by atomic mass is 9.97. The number of aryl methyl sites for hydroxylation is 4. The summed E-state index contributed by atoms with van der Waals surface area (Å²) in [5.41, 5.74) is 2.52. The molecule has 0 saturated heterocycles. The first-order chi connectivity index (χ1) is 13.3. The second-order valence-corrected chi connectivity index (χ2v) is 6.74. The van der Waals surface area contributed by atoms with Crippen LogP contribution in [-0.4, -0.2) is 30.6 Å². The zero-order valence-corrected chi connectivity index (χ0v) is 15.1. The SMILES string of the molecule is Oc1ccc(CCc2cc(CCc3ccc(O)cc3O)c(O)cc2O)c(O)c1. The van der Waals surface area contributed by atoms with Crippen molar-refractivity contribution >= 4 is 0 Å². The third-order valence-electron chi connectivity index (χ3n) is 4.75. The molecule has 0 aliphatic heterocycles. The van der Waals surface area contributed by atoms with E-state index in [-0.39, 0.29) is 34.5 Å². The Bertz CT molecular complexity index is 920. The number of rotatable bonds is 6. The Kier molecular flexibility index (Phi) is 5.49. The van der Waals surface area contributed by atoms with E-state index in [9.17, 15) is 30.6 Å². The van der Waals surface area contributed by atoms with Crippen LogP contribution in [0.15, 0.2) is 48.5 Å². The molecule has 0 saturated carbocycles. The molecule has 0 atom stereocenters. The molecule has 0 spiro atoms. The number of hydrogen-bond acceptors (Lipinski definition) is 6. The smallest absolute Gasteiger partial charge is 0.122 e. The molecule has 0 fully saturated rings. The van der Waals surface area contributed by atoms with Crippen LogP contribution in [-0.2, 0) is 25.7 Å². The predicted molar refractivity (Wildman–Crippen MR) is 104 cm³/mol. The van der Waals surface area contributed by atoms with Crippen LogP contribution in [0.3, 0.4) is 0 Å². The molecule has 28 heavy (non-hydrogen) atoms. The van der Waals surface area contributed by atoms with Crippen LogP contribution in [0.1, 0.15) is 22.3 Å². The van der Waals surface area contributed by atoms with Crippen molar-refractivity contribution < 1.29 is 30.6 Å². The van der Waals surface area contributed by atoms with Crippen molar-refractivity contribution in [1.82, 2.24) is 0 Å². The van der Waals surface area contributed by atoms with Crippen LogP contribution >= 0.6 is 0 Å². The fraction of sp³-hybridized carbons (Fsp3) is 0.182. The molecule has 0 bridgehead atoms. The van der Waals surface area contributed by atoms with Gasteiger partial charge in [0.2, 0.25) is 0 Å². The molecule has 6 N–H and O–H groups in total. The highest BCUT2D eigenvalue weighted by molar-refractivity contribution is 5.47. The van der Waals surface area contributed by atoms with E-state index in [0.29, 0.717) is 47.9 Å². The Balaban J connectivity index is 1.74. The van der Waals surface area contributed by atoms with Gasteiger partial charge in [-0.3, -0.25) is 0 Å². The first-order valence-corrected chi connectivity index (χ1v) is 8.89. The van der Waals surface area contributed by atoms with Gasteiger partial charge in [-0.2, -0.15) is 0 Å². The second-order valence-electron chi connectivity index (χ2n) is 6.74. The van der Waals surface area contributed by atoms with E-state index in [0.717, 1.165) is 0 Å². The van der Waals surface area contributed by atoms with Crippen LogP contribution in [0.25, 0.3) is 0 Å². The quantitative estimate of drug-likeness (QED) is 0.388. The maximum Gasteiger partial charge on any atom is 0.122 e. The number of benzene rings is 3. The van der Waals surface area contributed by atoms with Gasteiger partial charge < -0.3 is 30.6 Å².